The van der Waals surface area contributed by atoms with Crippen LogP contribution in [0.25, 0.3) is 0 Å². The van der Waals surface area contributed by atoms with Gasteiger partial charge in [0.1, 0.15) is 0 Å². The number of aliphatic hydroxyl groups is 2. The van der Waals surface area contributed by atoms with Crippen LogP contribution in [0.3, 0.4) is 0 Å². The molecule has 3 rings (SSSR count). The van der Waals surface area contributed by atoms with Crippen LogP contribution in [0.5, 0.6) is 0 Å². The highest BCUT2D eigenvalue weighted by molar-refractivity contribution is 5.04. The van der Waals surface area contributed by atoms with Gasteiger partial charge in [-0.3, -0.25) is 0 Å². The third kappa shape index (κ3) is 1.10. The molecule has 3 aliphatic rings. The van der Waals surface area contributed by atoms with Crippen LogP contribution >= 0.6 is 0 Å². The molecule has 0 spiro atoms. The van der Waals surface area contributed by atoms with Gasteiger partial charge in [0.05, 0.1) is 0 Å². The molecule has 3 aliphatic carbocycles. The van der Waals surface area contributed by atoms with E-state index in [9.17, 15) is 10.2 Å². The van der Waals surface area contributed by atoms with Crippen LogP contribution in [-0.2, 0) is 0 Å². The molecule has 0 heterocycles. The van der Waals surface area contributed by atoms with Gasteiger partial charge in [-0.2, -0.15) is 0 Å². The van der Waals surface area contributed by atoms with Crippen LogP contribution in [0.15, 0.2) is 0 Å². The zero-order valence-electron chi connectivity index (χ0n) is 8.60. The molecule has 0 aromatic carbocycles. The van der Waals surface area contributed by atoms with Gasteiger partial charge in [0.25, 0.3) is 0 Å². The Morgan fingerprint density at radius 1 is 0.786 bits per heavy atom. The van der Waals surface area contributed by atoms with Gasteiger partial charge >= 0.3 is 0 Å². The molecule has 14 heavy (non-hydrogen) atoms. The Kier molecular flexibility index (Phi) is 2.10. The second-order valence-corrected chi connectivity index (χ2v) is 5.69. The van der Waals surface area contributed by atoms with E-state index in [0.29, 0.717) is 25.0 Å². The van der Waals surface area contributed by atoms with Crippen molar-refractivity contribution in [3.8, 4) is 0 Å². The van der Waals surface area contributed by atoms with Gasteiger partial charge in [0.15, 0.2) is 0 Å². The summed E-state index contributed by atoms with van der Waals surface area (Å²) in [6.07, 6.45) is 5.14. The van der Waals surface area contributed by atoms with Crippen LogP contribution in [0, 0.1) is 35.5 Å². The summed E-state index contributed by atoms with van der Waals surface area (Å²) >= 11 is 0. The van der Waals surface area contributed by atoms with Crippen LogP contribution in [0.1, 0.15) is 25.7 Å². The van der Waals surface area contributed by atoms with Crippen molar-refractivity contribution >= 4 is 0 Å². The summed E-state index contributed by atoms with van der Waals surface area (Å²) in [5.41, 5.74) is 0. The quantitative estimate of drug-likeness (QED) is 0.698. The summed E-state index contributed by atoms with van der Waals surface area (Å²) in [5.74, 6) is 4.61. The van der Waals surface area contributed by atoms with E-state index < -0.39 is 0 Å². The molecule has 0 radical (unpaired) electrons. The van der Waals surface area contributed by atoms with Gasteiger partial charge in [-0.1, -0.05) is 0 Å². The maximum atomic E-state index is 9.28. The van der Waals surface area contributed by atoms with E-state index in [4.69, 9.17) is 0 Å². The standard InChI is InChI=1S/C12H20O2/c13-5-7-1-10-8-3-9(6-14)11(4-8)12(10)2-7/h7-14H,1-6H2/t7?,8?,9?,10-,11?,12-/m0/s1. The third-order valence-electron chi connectivity index (χ3n) is 5.20. The first-order valence-electron chi connectivity index (χ1n) is 6.05. The van der Waals surface area contributed by atoms with Gasteiger partial charge in [0.2, 0.25) is 0 Å². The molecule has 2 heteroatoms. The third-order valence-corrected chi connectivity index (χ3v) is 5.20. The van der Waals surface area contributed by atoms with E-state index in [1.54, 1.807) is 0 Å². The lowest BCUT2D eigenvalue weighted by molar-refractivity contribution is 0.120. The molecule has 6 atom stereocenters. The molecule has 2 nitrogen and oxygen atoms in total. The SMILES string of the molecule is OCC1C[C@@H]2C3CC(CC3CO)[C@@H]2C1. The van der Waals surface area contributed by atoms with Crippen molar-refractivity contribution in [3.05, 3.63) is 0 Å². The van der Waals surface area contributed by atoms with E-state index >= 15 is 0 Å². The Labute approximate surface area is 85.3 Å². The fraction of sp³-hybridized carbons (Fsp3) is 1.00. The predicted molar refractivity (Wildman–Crippen MR) is 53.6 cm³/mol. The van der Waals surface area contributed by atoms with Crippen molar-refractivity contribution < 1.29 is 10.2 Å². The van der Waals surface area contributed by atoms with Gasteiger partial charge in [-0.25, -0.2) is 0 Å². The second kappa shape index (κ2) is 3.21. The minimum Gasteiger partial charge on any atom is -0.396 e. The topological polar surface area (TPSA) is 40.5 Å². The van der Waals surface area contributed by atoms with Crippen molar-refractivity contribution in [2.24, 2.45) is 35.5 Å². The molecule has 2 N–H and O–H groups in total. The van der Waals surface area contributed by atoms with E-state index in [2.05, 4.69) is 0 Å². The maximum absolute atomic E-state index is 9.28. The molecule has 3 saturated carbocycles. The monoisotopic (exact) mass is 196 g/mol. The first-order valence-corrected chi connectivity index (χ1v) is 6.05. The summed E-state index contributed by atoms with van der Waals surface area (Å²) in [6.45, 7) is 0.782. The smallest absolute Gasteiger partial charge is 0.0462 e. The zero-order valence-corrected chi connectivity index (χ0v) is 8.60. The molecule has 0 aromatic heterocycles. The van der Waals surface area contributed by atoms with Gasteiger partial charge in [-0.15, -0.1) is 0 Å². The molecule has 2 bridgehead atoms. The van der Waals surface area contributed by atoms with Crippen LogP contribution in [0.2, 0.25) is 0 Å². The number of rotatable bonds is 2. The van der Waals surface area contributed by atoms with E-state index in [0.717, 1.165) is 23.7 Å². The molecule has 80 valence electrons. The number of fused-ring (bicyclic) bond motifs is 5. The summed E-state index contributed by atoms with van der Waals surface area (Å²) < 4.78 is 0. The average Bonchev–Trinajstić information content (AvgIpc) is 2.87. The first kappa shape index (κ1) is 9.17. The van der Waals surface area contributed by atoms with Gasteiger partial charge in [-0.05, 0) is 61.2 Å². The Bertz CT molecular complexity index is 226. The summed E-state index contributed by atoms with van der Waals surface area (Å²) in [7, 11) is 0. The molecule has 0 aromatic rings. The van der Waals surface area contributed by atoms with Gasteiger partial charge < -0.3 is 10.2 Å². The van der Waals surface area contributed by atoms with E-state index in [-0.39, 0.29) is 0 Å². The second-order valence-electron chi connectivity index (χ2n) is 5.69. The molecule has 0 amide bonds. The van der Waals surface area contributed by atoms with Crippen LogP contribution in [-0.4, -0.2) is 23.4 Å². The van der Waals surface area contributed by atoms with E-state index in [1.165, 1.54) is 25.7 Å². The minimum atomic E-state index is 0.385. The highest BCUT2D eigenvalue weighted by atomic mass is 16.3. The summed E-state index contributed by atoms with van der Waals surface area (Å²) in [6, 6.07) is 0. The molecule has 3 fully saturated rings. The molecular weight excluding hydrogens is 176 g/mol. The lowest BCUT2D eigenvalue weighted by Crippen LogP contribution is -2.26. The first-order chi connectivity index (χ1) is 6.83. The highest BCUT2D eigenvalue weighted by Crippen LogP contribution is 2.61. The molecule has 0 aliphatic heterocycles. The average molecular weight is 196 g/mol. The summed E-state index contributed by atoms with van der Waals surface area (Å²) in [5, 5.41) is 18.5. The van der Waals surface area contributed by atoms with Gasteiger partial charge in [0, 0.05) is 13.2 Å². The normalized spacial score (nSPS) is 55.3. The number of hydrogen-bond donors (Lipinski definition) is 2. The van der Waals surface area contributed by atoms with Crippen molar-refractivity contribution in [2.75, 3.05) is 13.2 Å². The largest absolute Gasteiger partial charge is 0.396 e. The maximum Gasteiger partial charge on any atom is 0.0462 e. The van der Waals surface area contributed by atoms with Crippen LogP contribution < -0.4 is 0 Å². The molecule has 0 saturated heterocycles. The lowest BCUT2D eigenvalue weighted by atomic mass is 9.76. The molecular formula is C12H20O2. The number of hydrogen-bond acceptors (Lipinski definition) is 2. The number of aliphatic hydroxyl groups excluding tert-OH is 2. The van der Waals surface area contributed by atoms with Crippen molar-refractivity contribution in [1.29, 1.82) is 0 Å². The fourth-order valence-electron chi connectivity index (χ4n) is 4.68. The highest BCUT2D eigenvalue weighted by Gasteiger charge is 2.55. The Morgan fingerprint density at radius 2 is 1.57 bits per heavy atom. The molecule has 4 unspecified atom stereocenters. The predicted octanol–water partition coefficient (Wildman–Crippen LogP) is 1.27. The Hall–Kier alpha value is -0.0800. The summed E-state index contributed by atoms with van der Waals surface area (Å²) in [4.78, 5) is 0. The lowest BCUT2D eigenvalue weighted by Gasteiger charge is -2.30. The van der Waals surface area contributed by atoms with Crippen molar-refractivity contribution in [1.82, 2.24) is 0 Å². The fourth-order valence-corrected chi connectivity index (χ4v) is 4.68. The Balaban J connectivity index is 1.75. The van der Waals surface area contributed by atoms with Crippen molar-refractivity contribution in [2.45, 2.75) is 25.7 Å². The minimum absolute atomic E-state index is 0.385. The zero-order chi connectivity index (χ0) is 9.71. The van der Waals surface area contributed by atoms with Crippen molar-refractivity contribution in [3.63, 3.8) is 0 Å². The van der Waals surface area contributed by atoms with Crippen LogP contribution in [0.4, 0.5) is 0 Å². The Morgan fingerprint density at radius 3 is 2.29 bits per heavy atom. The van der Waals surface area contributed by atoms with E-state index in [1.807, 2.05) is 0 Å².